The lowest BCUT2D eigenvalue weighted by Gasteiger charge is -2.25. The molecule has 3 aromatic rings. The fourth-order valence-electron chi connectivity index (χ4n) is 4.19. The van der Waals surface area contributed by atoms with Crippen molar-refractivity contribution >= 4 is 23.1 Å². The van der Waals surface area contributed by atoms with Crippen molar-refractivity contribution in [1.82, 2.24) is 4.90 Å². The second kappa shape index (κ2) is 9.26. The van der Waals surface area contributed by atoms with Gasteiger partial charge in [0.25, 0.3) is 11.8 Å². The van der Waals surface area contributed by atoms with E-state index in [1.54, 1.807) is 12.1 Å². The van der Waals surface area contributed by atoms with E-state index in [2.05, 4.69) is 20.8 Å². The largest absolute Gasteiger partial charge is 0.362 e. The summed E-state index contributed by atoms with van der Waals surface area (Å²) in [6, 6.07) is 23.1. The maximum Gasteiger partial charge on any atom is 0.282 e. The maximum atomic E-state index is 13.8. The number of nitrogens with zero attached hydrogens (tertiary/aromatic N) is 2. The number of benzene rings is 3. The predicted octanol–water partition coefficient (Wildman–Crippen LogP) is 5.93. The van der Waals surface area contributed by atoms with Gasteiger partial charge in [0.15, 0.2) is 0 Å². The fraction of sp³-hybridized carbons (Fsp3) is 0.241. The highest BCUT2D eigenvalue weighted by molar-refractivity contribution is 6.45. The van der Waals surface area contributed by atoms with E-state index >= 15 is 0 Å². The molecular formula is C29H29FN2O2. The van der Waals surface area contributed by atoms with Crippen molar-refractivity contribution in [3.05, 3.63) is 107 Å². The van der Waals surface area contributed by atoms with Crippen LogP contribution < -0.4 is 4.90 Å². The third kappa shape index (κ3) is 4.51. The lowest BCUT2D eigenvalue weighted by atomic mass is 9.87. The highest BCUT2D eigenvalue weighted by Gasteiger charge is 2.42. The number of amides is 2. The molecular weight excluding hydrogens is 427 g/mol. The Labute approximate surface area is 200 Å². The Balaban J connectivity index is 1.79. The molecule has 1 aliphatic rings. The van der Waals surface area contributed by atoms with Crippen LogP contribution in [0.15, 0.2) is 84.6 Å². The first-order valence-corrected chi connectivity index (χ1v) is 11.5. The third-order valence-electron chi connectivity index (χ3n) is 6.10. The minimum Gasteiger partial charge on any atom is -0.362 e. The number of halogens is 1. The summed E-state index contributed by atoms with van der Waals surface area (Å²) in [6.07, 6.45) is 0. The number of rotatable bonds is 6. The predicted molar refractivity (Wildman–Crippen MR) is 133 cm³/mol. The van der Waals surface area contributed by atoms with Crippen LogP contribution in [-0.4, -0.2) is 23.3 Å². The molecule has 0 bridgehead atoms. The Morgan fingerprint density at radius 2 is 1.44 bits per heavy atom. The minimum atomic E-state index is -0.401. The summed E-state index contributed by atoms with van der Waals surface area (Å²) in [5, 5.41) is 0. The molecule has 0 fully saturated rings. The quantitative estimate of drug-likeness (QED) is 0.432. The van der Waals surface area contributed by atoms with Gasteiger partial charge >= 0.3 is 0 Å². The van der Waals surface area contributed by atoms with Crippen LogP contribution in [0.4, 0.5) is 10.1 Å². The van der Waals surface area contributed by atoms with Gasteiger partial charge in [0, 0.05) is 13.1 Å². The number of likely N-dealkylation sites (N-methyl/N-ethyl adjacent to an activating group) is 1. The topological polar surface area (TPSA) is 40.6 Å². The van der Waals surface area contributed by atoms with Gasteiger partial charge in [-0.1, -0.05) is 75.4 Å². The van der Waals surface area contributed by atoms with Crippen molar-refractivity contribution in [2.24, 2.45) is 0 Å². The molecule has 0 saturated heterocycles. The van der Waals surface area contributed by atoms with Gasteiger partial charge in [-0.2, -0.15) is 0 Å². The Morgan fingerprint density at radius 1 is 0.824 bits per heavy atom. The van der Waals surface area contributed by atoms with Gasteiger partial charge in [0.1, 0.15) is 11.5 Å². The fourth-order valence-corrected chi connectivity index (χ4v) is 4.19. The van der Waals surface area contributed by atoms with E-state index in [1.165, 1.54) is 17.0 Å². The molecule has 1 aliphatic heterocycles. The molecule has 0 radical (unpaired) electrons. The Kier molecular flexibility index (Phi) is 6.38. The standard InChI is InChI=1S/C29H29FN2O2/c1-5-31(19-20-9-7-6-8-10-20)26-25(21-11-15-23(30)16-12-21)27(33)32(28(26)34)24-17-13-22(14-18-24)29(2,3)4/h6-18H,5,19H2,1-4H3. The van der Waals surface area contributed by atoms with Crippen LogP contribution in [0.3, 0.4) is 0 Å². The molecule has 4 rings (SSSR count). The molecule has 5 heteroatoms. The zero-order valence-electron chi connectivity index (χ0n) is 20.0. The average Bonchev–Trinajstić information content (AvgIpc) is 3.08. The monoisotopic (exact) mass is 456 g/mol. The molecule has 3 aromatic carbocycles. The van der Waals surface area contributed by atoms with Crippen molar-refractivity contribution in [1.29, 1.82) is 0 Å². The van der Waals surface area contributed by atoms with E-state index < -0.39 is 11.7 Å². The van der Waals surface area contributed by atoms with Crippen LogP contribution in [0.2, 0.25) is 0 Å². The minimum absolute atomic E-state index is 0.0467. The van der Waals surface area contributed by atoms with Gasteiger partial charge in [-0.15, -0.1) is 0 Å². The molecule has 0 spiro atoms. The lowest BCUT2D eigenvalue weighted by molar-refractivity contribution is -0.120. The number of hydrogen-bond donors (Lipinski definition) is 0. The SMILES string of the molecule is CCN(Cc1ccccc1)C1=C(c2ccc(F)cc2)C(=O)N(c2ccc(C(C)(C)C)cc2)C1=O. The van der Waals surface area contributed by atoms with Crippen molar-refractivity contribution in [3.63, 3.8) is 0 Å². The molecule has 4 nitrogen and oxygen atoms in total. The highest BCUT2D eigenvalue weighted by Crippen LogP contribution is 2.36. The third-order valence-corrected chi connectivity index (χ3v) is 6.10. The van der Waals surface area contributed by atoms with E-state index in [0.717, 1.165) is 11.1 Å². The number of carbonyl (C=O) groups excluding carboxylic acids is 2. The summed E-state index contributed by atoms with van der Waals surface area (Å²) in [5.74, 6) is -1.17. The van der Waals surface area contributed by atoms with E-state index in [1.807, 2.05) is 66.4 Å². The summed E-state index contributed by atoms with van der Waals surface area (Å²) >= 11 is 0. The average molecular weight is 457 g/mol. The van der Waals surface area contributed by atoms with Crippen molar-refractivity contribution < 1.29 is 14.0 Å². The summed E-state index contributed by atoms with van der Waals surface area (Å²) in [7, 11) is 0. The van der Waals surface area contributed by atoms with Gasteiger partial charge in [-0.05, 0) is 53.3 Å². The van der Waals surface area contributed by atoms with Crippen LogP contribution in [-0.2, 0) is 21.5 Å². The van der Waals surface area contributed by atoms with E-state index in [-0.39, 0.29) is 11.3 Å². The van der Waals surface area contributed by atoms with Crippen LogP contribution in [0.25, 0.3) is 5.57 Å². The van der Waals surface area contributed by atoms with Crippen LogP contribution in [0, 0.1) is 5.82 Å². The van der Waals surface area contributed by atoms with Gasteiger partial charge < -0.3 is 4.90 Å². The van der Waals surface area contributed by atoms with E-state index in [0.29, 0.717) is 35.6 Å². The normalized spacial score (nSPS) is 14.2. The Hall–Kier alpha value is -3.73. The zero-order valence-corrected chi connectivity index (χ0v) is 20.0. The summed E-state index contributed by atoms with van der Waals surface area (Å²) < 4.78 is 13.6. The zero-order chi connectivity index (χ0) is 24.5. The van der Waals surface area contributed by atoms with Gasteiger partial charge in [-0.3, -0.25) is 9.59 Å². The van der Waals surface area contributed by atoms with E-state index in [4.69, 9.17) is 0 Å². The van der Waals surface area contributed by atoms with Gasteiger partial charge in [0.2, 0.25) is 0 Å². The second-order valence-corrected chi connectivity index (χ2v) is 9.47. The first kappa shape index (κ1) is 23.4. The lowest BCUT2D eigenvalue weighted by Crippen LogP contribution is -2.35. The molecule has 0 N–H and O–H groups in total. The summed E-state index contributed by atoms with van der Waals surface area (Å²) in [6.45, 7) is 9.31. The molecule has 0 unspecified atom stereocenters. The first-order chi connectivity index (χ1) is 16.2. The molecule has 0 aromatic heterocycles. The Morgan fingerprint density at radius 3 is 2.00 bits per heavy atom. The molecule has 34 heavy (non-hydrogen) atoms. The molecule has 2 amide bonds. The van der Waals surface area contributed by atoms with Crippen molar-refractivity contribution in [3.8, 4) is 0 Å². The van der Waals surface area contributed by atoms with Crippen LogP contribution >= 0.6 is 0 Å². The summed E-state index contributed by atoms with van der Waals surface area (Å²) in [4.78, 5) is 30.6. The highest BCUT2D eigenvalue weighted by atomic mass is 19.1. The molecule has 0 saturated carbocycles. The maximum absolute atomic E-state index is 13.8. The van der Waals surface area contributed by atoms with Crippen LogP contribution in [0.5, 0.6) is 0 Å². The van der Waals surface area contributed by atoms with Crippen molar-refractivity contribution in [2.75, 3.05) is 11.4 Å². The second-order valence-electron chi connectivity index (χ2n) is 9.47. The van der Waals surface area contributed by atoms with Crippen LogP contribution in [0.1, 0.15) is 44.4 Å². The molecule has 0 atom stereocenters. The first-order valence-electron chi connectivity index (χ1n) is 11.5. The summed E-state index contributed by atoms with van der Waals surface area (Å²) in [5.41, 5.74) is 3.77. The van der Waals surface area contributed by atoms with Gasteiger partial charge in [0.05, 0.1) is 11.3 Å². The van der Waals surface area contributed by atoms with E-state index in [9.17, 15) is 14.0 Å². The molecule has 174 valence electrons. The number of hydrogen-bond acceptors (Lipinski definition) is 3. The number of anilines is 1. The molecule has 0 aliphatic carbocycles. The number of imide groups is 1. The smallest absolute Gasteiger partial charge is 0.282 e. The van der Waals surface area contributed by atoms with Crippen molar-refractivity contribution in [2.45, 2.75) is 39.7 Å². The Bertz CT molecular complexity index is 1220. The van der Waals surface area contributed by atoms with Gasteiger partial charge in [-0.25, -0.2) is 9.29 Å². The molecule has 1 heterocycles. The number of carbonyl (C=O) groups is 2.